The number of amides is 1. The van der Waals surface area contributed by atoms with Gasteiger partial charge < -0.3 is 63.9 Å². The van der Waals surface area contributed by atoms with E-state index >= 15 is 0 Å². The number of nitrogens with zero attached hydrogens (tertiary/aromatic N) is 7. The minimum atomic E-state index is -5.46. The Kier molecular flexibility index (Phi) is 14.3. The van der Waals surface area contributed by atoms with E-state index in [2.05, 4.69) is 31.0 Å². The number of esters is 1. The van der Waals surface area contributed by atoms with E-state index in [0.29, 0.717) is 32.1 Å². The number of allylic oxidation sites excluding steroid dienone is 1. The van der Waals surface area contributed by atoms with Crippen LogP contribution in [0.1, 0.15) is 57.4 Å². The molecular formula is C33H43N9O16P2-2. The van der Waals surface area contributed by atoms with E-state index in [-0.39, 0.29) is 47.5 Å². The van der Waals surface area contributed by atoms with Gasteiger partial charge in [0.1, 0.15) is 54.5 Å². The molecule has 3 saturated heterocycles. The molecule has 3 aromatic rings. The van der Waals surface area contributed by atoms with Gasteiger partial charge in [-0.15, -0.1) is 6.58 Å². The number of fused-ring (bicyclic) bond motifs is 1. The molecule has 328 valence electrons. The van der Waals surface area contributed by atoms with Gasteiger partial charge in [0.15, 0.2) is 23.8 Å². The number of Topliss-reactive ketones (excluding diaryl/α,β-unsaturated/α-hetero) is 1. The lowest BCUT2D eigenvalue weighted by Gasteiger charge is -2.32. The molecule has 3 aliphatic rings. The number of aromatic nitrogens is 6. The van der Waals surface area contributed by atoms with Crippen LogP contribution in [0.2, 0.25) is 0 Å². The van der Waals surface area contributed by atoms with Gasteiger partial charge in [0.2, 0.25) is 5.91 Å². The highest BCUT2D eigenvalue weighted by atomic mass is 31.2. The Labute approximate surface area is 340 Å². The molecule has 3 fully saturated rings. The zero-order chi connectivity index (χ0) is 43.4. The molecule has 60 heavy (non-hydrogen) atoms. The lowest BCUT2D eigenvalue weighted by atomic mass is 9.91. The summed E-state index contributed by atoms with van der Waals surface area (Å²) in [4.78, 5) is 102. The van der Waals surface area contributed by atoms with Crippen molar-refractivity contribution in [3.63, 3.8) is 0 Å². The van der Waals surface area contributed by atoms with Crippen LogP contribution < -0.4 is 26.9 Å². The van der Waals surface area contributed by atoms with Crippen LogP contribution in [0.5, 0.6) is 0 Å². The maximum absolute atomic E-state index is 13.4. The van der Waals surface area contributed by atoms with E-state index in [0.717, 1.165) is 10.9 Å². The van der Waals surface area contributed by atoms with Crippen LogP contribution in [0.3, 0.4) is 0 Å². The van der Waals surface area contributed by atoms with Crippen molar-refractivity contribution in [1.29, 1.82) is 0 Å². The van der Waals surface area contributed by atoms with Gasteiger partial charge in [-0.2, -0.15) is 4.98 Å². The molecule has 10 atom stereocenters. The highest BCUT2D eigenvalue weighted by Gasteiger charge is 2.49. The minimum Gasteiger partial charge on any atom is -0.756 e. The molecule has 4 unspecified atom stereocenters. The van der Waals surface area contributed by atoms with Gasteiger partial charge in [0.25, 0.3) is 15.6 Å². The van der Waals surface area contributed by atoms with Gasteiger partial charge in [-0.3, -0.25) is 32.6 Å². The molecule has 0 aromatic carbocycles. The molecular weight excluding hydrogens is 840 g/mol. The summed E-state index contributed by atoms with van der Waals surface area (Å²) in [7, 11) is -10.8. The predicted octanol–water partition coefficient (Wildman–Crippen LogP) is -1.39. The maximum atomic E-state index is 13.4. The van der Waals surface area contributed by atoms with Crippen LogP contribution >= 0.6 is 15.6 Å². The molecule has 6 N–H and O–H groups in total. The smallest absolute Gasteiger partial charge is 0.351 e. The number of anilines is 2. The summed E-state index contributed by atoms with van der Waals surface area (Å²) in [5.41, 5.74) is 10.8. The van der Waals surface area contributed by atoms with Gasteiger partial charge in [-0.25, -0.2) is 19.7 Å². The Hall–Kier alpha value is -4.52. The first kappa shape index (κ1) is 45.0. The third-order valence-electron chi connectivity index (χ3n) is 10.0. The molecule has 6 rings (SSSR count). The van der Waals surface area contributed by atoms with Gasteiger partial charge in [0, 0.05) is 37.9 Å². The topological polar surface area (TPSA) is 361 Å². The first-order chi connectivity index (χ1) is 28.4. The number of nitrogen functional groups attached to an aromatic ring is 2. The lowest BCUT2D eigenvalue weighted by Crippen LogP contribution is -2.46. The monoisotopic (exact) mass is 883 g/mol. The van der Waals surface area contributed by atoms with E-state index in [1.165, 1.54) is 28.1 Å². The molecule has 27 heteroatoms. The SMILES string of the molecule is C=CCCC(=O)CC[C@H]1CCCN(CC(=O)OC2[C@@H](COP(=O)([O-])OC3C[C@H](n4ccc(N)nc4=O)O[C@@H]3COP(=O)([O-])O)O[C@@H](n3cnc4c(N)ncnc43)[C@H]2O)C1=O. The van der Waals surface area contributed by atoms with Crippen molar-refractivity contribution in [2.75, 3.05) is 37.8 Å². The average molecular weight is 884 g/mol. The third-order valence-corrected chi connectivity index (χ3v) is 11.5. The van der Waals surface area contributed by atoms with Crippen LogP contribution in [-0.2, 0) is 51.3 Å². The van der Waals surface area contributed by atoms with Gasteiger partial charge in [0.05, 0.1) is 25.6 Å². The summed E-state index contributed by atoms with van der Waals surface area (Å²) in [6.07, 6.45) is -3.43. The van der Waals surface area contributed by atoms with Crippen molar-refractivity contribution in [2.45, 2.75) is 87.9 Å². The second kappa shape index (κ2) is 19.0. The number of piperidine rings is 1. The summed E-state index contributed by atoms with van der Waals surface area (Å²) < 4.78 is 59.0. The zero-order valence-electron chi connectivity index (χ0n) is 31.8. The fourth-order valence-corrected chi connectivity index (χ4v) is 8.38. The number of hydrogen-bond acceptors (Lipinski definition) is 21. The van der Waals surface area contributed by atoms with Crippen LogP contribution in [0.4, 0.5) is 11.6 Å². The number of ether oxygens (including phenoxy) is 3. The Morgan fingerprint density at radius 1 is 1.07 bits per heavy atom. The van der Waals surface area contributed by atoms with Crippen molar-refractivity contribution < 1.29 is 71.1 Å². The highest BCUT2D eigenvalue weighted by molar-refractivity contribution is 7.46. The summed E-state index contributed by atoms with van der Waals surface area (Å²) >= 11 is 0. The second-order valence-corrected chi connectivity index (χ2v) is 16.7. The Morgan fingerprint density at radius 2 is 1.83 bits per heavy atom. The van der Waals surface area contributed by atoms with E-state index in [1.807, 2.05) is 0 Å². The van der Waals surface area contributed by atoms with Crippen molar-refractivity contribution in [2.24, 2.45) is 5.92 Å². The maximum Gasteiger partial charge on any atom is 0.351 e. The molecule has 1 amide bonds. The van der Waals surface area contributed by atoms with Crippen molar-refractivity contribution in [1.82, 2.24) is 34.0 Å². The van der Waals surface area contributed by atoms with E-state index in [1.54, 1.807) is 6.08 Å². The molecule has 0 bridgehead atoms. The first-order valence-corrected chi connectivity index (χ1v) is 21.6. The number of aliphatic hydroxyl groups is 1. The molecule has 6 heterocycles. The van der Waals surface area contributed by atoms with Crippen LogP contribution in [0.15, 0.2) is 42.4 Å². The van der Waals surface area contributed by atoms with Crippen LogP contribution in [-0.4, -0.2) is 118 Å². The number of phosphoric acid groups is 2. The van der Waals surface area contributed by atoms with Gasteiger partial charge >= 0.3 is 11.7 Å². The second-order valence-electron chi connectivity index (χ2n) is 14.2. The quantitative estimate of drug-likeness (QED) is 0.0611. The fraction of sp³-hybridized carbons (Fsp3) is 0.576. The Balaban J connectivity index is 1.16. The summed E-state index contributed by atoms with van der Waals surface area (Å²) in [6.45, 7) is 1.41. The lowest BCUT2D eigenvalue weighted by molar-refractivity contribution is -0.235. The van der Waals surface area contributed by atoms with E-state index in [4.69, 9.17) is 39.6 Å². The molecule has 25 nitrogen and oxygen atoms in total. The summed E-state index contributed by atoms with van der Waals surface area (Å²) in [6, 6.07) is 1.25. The molecule has 3 aliphatic heterocycles. The molecule has 0 saturated carbocycles. The zero-order valence-corrected chi connectivity index (χ0v) is 33.6. The summed E-state index contributed by atoms with van der Waals surface area (Å²) in [5.74, 6) is -1.95. The highest BCUT2D eigenvalue weighted by Crippen LogP contribution is 2.47. The number of imidazole rings is 1. The summed E-state index contributed by atoms with van der Waals surface area (Å²) in [5, 5.41) is 11.5. The number of ketones is 1. The normalized spacial score (nSPS) is 27.7. The minimum absolute atomic E-state index is 0.000554. The number of likely N-dealkylation sites (tertiary alicyclic amines) is 1. The number of nitrogens with two attached hydrogens (primary N) is 2. The van der Waals surface area contributed by atoms with Crippen molar-refractivity contribution in [3.05, 3.63) is 48.1 Å². The largest absolute Gasteiger partial charge is 0.756 e. The number of rotatable bonds is 19. The number of phosphoric ester groups is 2. The van der Waals surface area contributed by atoms with Crippen LogP contribution in [0.25, 0.3) is 11.2 Å². The first-order valence-electron chi connectivity index (χ1n) is 18.6. The number of carbonyl (C=O) groups is 3. The number of hydrogen-bond donors (Lipinski definition) is 4. The van der Waals surface area contributed by atoms with Gasteiger partial charge in [-0.05, 0) is 31.7 Å². The van der Waals surface area contributed by atoms with E-state index in [9.17, 15) is 43.2 Å². The number of aliphatic hydroxyl groups excluding tert-OH is 1. The molecule has 0 radical (unpaired) electrons. The van der Waals surface area contributed by atoms with Crippen molar-refractivity contribution >= 4 is 56.1 Å². The average Bonchev–Trinajstić information content (AvgIpc) is 3.87. The molecule has 3 aromatic heterocycles. The predicted molar refractivity (Wildman–Crippen MR) is 198 cm³/mol. The number of carbonyl (C=O) groups excluding carboxylic acids is 3. The van der Waals surface area contributed by atoms with Crippen LogP contribution in [0, 0.1) is 5.92 Å². The standard InChI is InChI=1S/C33H45N9O16P2/c1-2-3-6-19(43)8-7-18-5-4-10-40(31(18)46)13-25(44)57-28-22(56-32(27(28)45)42-17-38-26-29(35)36-16-37-30(26)42)15-54-60(51,52)58-20-12-24(41-11-9-23(34)39-33(41)47)55-21(20)14-53-59(48,49)50/h2,9,11,16-18,20-22,24,27-28,32,45H,1,3-8,10,12-15H2,(H,51,52)(H2,34,39,47)(H2,35,36,37)(H2,48,49,50)/p-2/t18-,20?,21-,22-,24-,27+,28?,32-/m1/s1. The van der Waals surface area contributed by atoms with E-state index < -0.39 is 102 Å². The third kappa shape index (κ3) is 11.0. The van der Waals surface area contributed by atoms with Gasteiger partial charge in [-0.1, -0.05) is 6.08 Å². The molecule has 0 aliphatic carbocycles. The Morgan fingerprint density at radius 3 is 2.57 bits per heavy atom. The molecule has 0 spiro atoms. The fourth-order valence-electron chi connectivity index (χ4n) is 7.10. The van der Waals surface area contributed by atoms with Crippen molar-refractivity contribution in [3.8, 4) is 0 Å². The Bertz CT molecular complexity index is 2220.